The number of aryl methyl sites for hydroxylation is 3. The predicted octanol–water partition coefficient (Wildman–Crippen LogP) is 2.67. The number of imidazole rings is 2. The molecule has 7 heteroatoms. The highest BCUT2D eigenvalue weighted by Crippen LogP contribution is 2.30. The number of aromatic nitrogens is 4. The van der Waals surface area contributed by atoms with Crippen LogP contribution in [0.4, 0.5) is 0 Å². The molecule has 3 aromatic rings. The SMILES string of the molecule is Cc1nccn1[C@@H]1CCC[C@@H](NC(=O)CCCc2nc3ccccc3n2C)[C@H]1O. The third kappa shape index (κ3) is 4.05. The minimum Gasteiger partial charge on any atom is -0.389 e. The van der Waals surface area contributed by atoms with Gasteiger partial charge in [-0.05, 0) is 44.7 Å². The first-order chi connectivity index (χ1) is 14.0. The van der Waals surface area contributed by atoms with Crippen LogP contribution in [-0.2, 0) is 18.3 Å². The van der Waals surface area contributed by atoms with Gasteiger partial charge in [0.05, 0.1) is 29.2 Å². The minimum atomic E-state index is -0.597. The van der Waals surface area contributed by atoms with E-state index >= 15 is 0 Å². The minimum absolute atomic E-state index is 0.00387. The Morgan fingerprint density at radius 3 is 2.90 bits per heavy atom. The van der Waals surface area contributed by atoms with Crippen LogP contribution < -0.4 is 5.32 Å². The number of aliphatic hydroxyl groups excluding tert-OH is 1. The Kier molecular flexibility index (Phi) is 5.67. The molecule has 1 aliphatic carbocycles. The van der Waals surface area contributed by atoms with Gasteiger partial charge < -0.3 is 19.6 Å². The summed E-state index contributed by atoms with van der Waals surface area (Å²) in [5, 5.41) is 13.9. The predicted molar refractivity (Wildman–Crippen MR) is 111 cm³/mol. The lowest BCUT2D eigenvalue weighted by atomic mass is 9.87. The number of carbonyl (C=O) groups is 1. The number of hydrogen-bond acceptors (Lipinski definition) is 4. The Bertz CT molecular complexity index is 992. The Hall–Kier alpha value is -2.67. The van der Waals surface area contributed by atoms with Crippen LogP contribution >= 0.6 is 0 Å². The van der Waals surface area contributed by atoms with Crippen LogP contribution in [0.2, 0.25) is 0 Å². The van der Waals surface area contributed by atoms with Crippen LogP contribution in [-0.4, -0.2) is 42.3 Å². The molecular formula is C22H29N5O2. The van der Waals surface area contributed by atoms with Crippen LogP contribution in [0, 0.1) is 6.92 Å². The number of fused-ring (bicyclic) bond motifs is 1. The zero-order valence-electron chi connectivity index (χ0n) is 17.1. The fraction of sp³-hybridized carbons (Fsp3) is 0.500. The van der Waals surface area contributed by atoms with E-state index in [1.165, 1.54) is 0 Å². The average molecular weight is 396 g/mol. The van der Waals surface area contributed by atoms with Gasteiger partial charge in [-0.15, -0.1) is 0 Å². The van der Waals surface area contributed by atoms with Gasteiger partial charge >= 0.3 is 0 Å². The Labute approximate surface area is 170 Å². The molecule has 0 spiro atoms. The van der Waals surface area contributed by atoms with Crippen LogP contribution in [0.15, 0.2) is 36.7 Å². The van der Waals surface area contributed by atoms with Crippen LogP contribution in [0.1, 0.15) is 49.8 Å². The molecule has 4 rings (SSSR count). The highest BCUT2D eigenvalue weighted by molar-refractivity contribution is 5.77. The number of carbonyl (C=O) groups excluding carboxylic acids is 1. The zero-order chi connectivity index (χ0) is 20.4. The molecule has 0 radical (unpaired) electrons. The van der Waals surface area contributed by atoms with Gasteiger partial charge in [0.1, 0.15) is 11.6 Å². The van der Waals surface area contributed by atoms with E-state index in [9.17, 15) is 9.90 Å². The van der Waals surface area contributed by atoms with E-state index in [0.717, 1.165) is 54.8 Å². The van der Waals surface area contributed by atoms with Gasteiger partial charge in [0.15, 0.2) is 0 Å². The van der Waals surface area contributed by atoms with Crippen LogP contribution in [0.25, 0.3) is 11.0 Å². The lowest BCUT2D eigenvalue weighted by Crippen LogP contribution is -2.49. The highest BCUT2D eigenvalue weighted by atomic mass is 16.3. The third-order valence-electron chi connectivity index (χ3n) is 6.07. The molecule has 1 fully saturated rings. The molecule has 1 amide bonds. The van der Waals surface area contributed by atoms with E-state index in [-0.39, 0.29) is 18.0 Å². The maximum atomic E-state index is 12.5. The van der Waals surface area contributed by atoms with Crippen LogP contribution in [0.3, 0.4) is 0 Å². The molecule has 29 heavy (non-hydrogen) atoms. The maximum absolute atomic E-state index is 12.5. The molecule has 1 aliphatic rings. The number of hydrogen-bond donors (Lipinski definition) is 2. The van der Waals surface area contributed by atoms with Crippen molar-refractivity contribution in [3.63, 3.8) is 0 Å². The summed E-state index contributed by atoms with van der Waals surface area (Å²) in [6.07, 6.45) is 7.67. The molecule has 0 bridgehead atoms. The van der Waals surface area contributed by atoms with E-state index in [4.69, 9.17) is 0 Å². The molecule has 7 nitrogen and oxygen atoms in total. The summed E-state index contributed by atoms with van der Waals surface area (Å²) in [6, 6.07) is 7.82. The lowest BCUT2D eigenvalue weighted by molar-refractivity contribution is -0.123. The summed E-state index contributed by atoms with van der Waals surface area (Å²) < 4.78 is 4.12. The van der Waals surface area contributed by atoms with Gasteiger partial charge in [-0.1, -0.05) is 12.1 Å². The Morgan fingerprint density at radius 2 is 2.14 bits per heavy atom. The molecule has 2 N–H and O–H groups in total. The largest absolute Gasteiger partial charge is 0.389 e. The molecule has 2 aromatic heterocycles. The van der Waals surface area contributed by atoms with Crippen molar-refractivity contribution in [2.45, 2.75) is 63.6 Å². The van der Waals surface area contributed by atoms with Crippen molar-refractivity contribution in [3.05, 3.63) is 48.3 Å². The first kappa shape index (κ1) is 19.6. The van der Waals surface area contributed by atoms with E-state index in [0.29, 0.717) is 6.42 Å². The van der Waals surface area contributed by atoms with Crippen molar-refractivity contribution in [2.75, 3.05) is 0 Å². The highest BCUT2D eigenvalue weighted by Gasteiger charge is 2.34. The molecule has 1 aromatic carbocycles. The average Bonchev–Trinajstić information content (AvgIpc) is 3.27. The molecule has 154 valence electrons. The second kappa shape index (κ2) is 8.37. The number of nitrogens with zero attached hydrogens (tertiary/aromatic N) is 4. The van der Waals surface area contributed by atoms with Gasteiger partial charge in [0, 0.05) is 32.3 Å². The number of nitrogens with one attached hydrogen (secondary N) is 1. The Balaban J connectivity index is 1.31. The summed E-state index contributed by atoms with van der Waals surface area (Å²) in [5.74, 6) is 1.88. The van der Waals surface area contributed by atoms with Crippen molar-refractivity contribution < 1.29 is 9.90 Å². The van der Waals surface area contributed by atoms with E-state index in [2.05, 4.69) is 25.9 Å². The van der Waals surface area contributed by atoms with E-state index < -0.39 is 6.10 Å². The van der Waals surface area contributed by atoms with Gasteiger partial charge in [0.25, 0.3) is 0 Å². The van der Waals surface area contributed by atoms with Crippen molar-refractivity contribution >= 4 is 16.9 Å². The van der Waals surface area contributed by atoms with Gasteiger partial charge in [-0.3, -0.25) is 4.79 Å². The standard InChI is InChI=1S/C22H29N5O2/c1-15-23-13-14-27(15)19-10-5-8-17(22(19)29)25-21(28)12-6-11-20-24-16-7-3-4-9-18(16)26(20)2/h3-4,7,9,13-14,17,19,22,29H,5-6,8,10-12H2,1-2H3,(H,25,28)/t17-,19-,22-/m1/s1. The molecule has 0 aliphatic heterocycles. The summed E-state index contributed by atoms with van der Waals surface area (Å²) in [7, 11) is 2.02. The quantitative estimate of drug-likeness (QED) is 0.672. The van der Waals surface area contributed by atoms with Crippen molar-refractivity contribution in [1.29, 1.82) is 0 Å². The van der Waals surface area contributed by atoms with Crippen molar-refractivity contribution in [3.8, 4) is 0 Å². The second-order valence-corrected chi connectivity index (χ2v) is 7.97. The van der Waals surface area contributed by atoms with E-state index in [1.807, 2.05) is 42.9 Å². The smallest absolute Gasteiger partial charge is 0.220 e. The number of amides is 1. The monoisotopic (exact) mass is 395 g/mol. The van der Waals surface area contributed by atoms with Gasteiger partial charge in [-0.25, -0.2) is 9.97 Å². The van der Waals surface area contributed by atoms with E-state index in [1.54, 1.807) is 6.20 Å². The molecule has 3 atom stereocenters. The fourth-order valence-electron chi connectivity index (χ4n) is 4.46. The second-order valence-electron chi connectivity index (χ2n) is 7.97. The number of para-hydroxylation sites is 2. The zero-order valence-corrected chi connectivity index (χ0v) is 17.1. The number of aliphatic hydroxyl groups is 1. The molecular weight excluding hydrogens is 366 g/mol. The number of rotatable bonds is 6. The summed E-state index contributed by atoms with van der Waals surface area (Å²) in [6.45, 7) is 1.94. The summed E-state index contributed by atoms with van der Waals surface area (Å²) >= 11 is 0. The topological polar surface area (TPSA) is 85.0 Å². The summed E-state index contributed by atoms with van der Waals surface area (Å²) in [5.41, 5.74) is 2.10. The van der Waals surface area contributed by atoms with Crippen molar-refractivity contribution in [1.82, 2.24) is 24.4 Å². The number of benzene rings is 1. The van der Waals surface area contributed by atoms with Crippen molar-refractivity contribution in [2.24, 2.45) is 7.05 Å². The first-order valence-electron chi connectivity index (χ1n) is 10.4. The molecule has 1 saturated carbocycles. The molecule has 2 heterocycles. The first-order valence-corrected chi connectivity index (χ1v) is 10.4. The fourth-order valence-corrected chi connectivity index (χ4v) is 4.46. The Morgan fingerprint density at radius 1 is 1.31 bits per heavy atom. The lowest BCUT2D eigenvalue weighted by Gasteiger charge is -2.36. The maximum Gasteiger partial charge on any atom is 0.220 e. The van der Waals surface area contributed by atoms with Gasteiger partial charge in [0.2, 0.25) is 5.91 Å². The normalized spacial score (nSPS) is 22.1. The molecule has 0 saturated heterocycles. The van der Waals surface area contributed by atoms with Crippen LogP contribution in [0.5, 0.6) is 0 Å². The molecule has 0 unspecified atom stereocenters. The summed E-state index contributed by atoms with van der Waals surface area (Å²) in [4.78, 5) is 21.4. The van der Waals surface area contributed by atoms with Gasteiger partial charge in [-0.2, -0.15) is 0 Å². The third-order valence-corrected chi connectivity index (χ3v) is 6.07.